The fraction of sp³-hybridized carbons (Fsp3) is 0.667. The Labute approximate surface area is 159 Å². The van der Waals surface area contributed by atoms with Crippen molar-refractivity contribution in [3.8, 4) is 0 Å². The van der Waals surface area contributed by atoms with Gasteiger partial charge in [0.05, 0.1) is 5.69 Å². The quantitative estimate of drug-likeness (QED) is 0.806. The molecule has 2 aromatic rings. The Morgan fingerprint density at radius 2 is 1.96 bits per heavy atom. The van der Waals surface area contributed by atoms with Crippen molar-refractivity contribution >= 4 is 23.5 Å². The number of hydrogen-bond donors (Lipinski definition) is 1. The lowest BCUT2D eigenvalue weighted by molar-refractivity contribution is 0.389. The van der Waals surface area contributed by atoms with Crippen LogP contribution in [0.2, 0.25) is 0 Å². The van der Waals surface area contributed by atoms with E-state index in [1.807, 2.05) is 13.3 Å². The third kappa shape index (κ3) is 3.26. The molecule has 0 bridgehead atoms. The molecule has 0 aromatic carbocycles. The van der Waals surface area contributed by atoms with Crippen LogP contribution in [0.3, 0.4) is 0 Å². The van der Waals surface area contributed by atoms with E-state index in [2.05, 4.69) is 32.0 Å². The third-order valence-electron chi connectivity index (χ3n) is 5.63. The first-order valence-electron chi connectivity index (χ1n) is 9.44. The van der Waals surface area contributed by atoms with E-state index in [9.17, 15) is 0 Å². The predicted molar refractivity (Wildman–Crippen MR) is 105 cm³/mol. The van der Waals surface area contributed by atoms with Crippen LogP contribution in [-0.2, 0) is 26.3 Å². The van der Waals surface area contributed by atoms with E-state index in [-0.39, 0.29) is 0 Å². The van der Waals surface area contributed by atoms with Gasteiger partial charge in [0.1, 0.15) is 11.6 Å². The molecule has 0 saturated carbocycles. The molecule has 0 spiro atoms. The molecule has 1 aliphatic carbocycles. The van der Waals surface area contributed by atoms with Crippen LogP contribution in [0, 0.1) is 5.92 Å². The first-order chi connectivity index (χ1) is 12.7. The summed E-state index contributed by atoms with van der Waals surface area (Å²) in [5.74, 6) is 3.67. The number of nitrogens with one attached hydrogen (secondary N) is 1. The highest BCUT2D eigenvalue weighted by atomic mass is 32.2. The van der Waals surface area contributed by atoms with Gasteiger partial charge in [-0.3, -0.25) is 0 Å². The highest BCUT2D eigenvalue weighted by Crippen LogP contribution is 2.30. The standard InChI is InChI=1S/C18H27N7S/c1-19-16-13-5-4-6-14(13)20-17(21-16)25-9-7-12(8-10-25)11-15-22-23-18(26-3)24(15)2/h12H,4-11H2,1-3H3,(H,19,20,21). The largest absolute Gasteiger partial charge is 0.373 e. The van der Waals surface area contributed by atoms with Gasteiger partial charge in [-0.2, -0.15) is 4.98 Å². The summed E-state index contributed by atoms with van der Waals surface area (Å²) >= 11 is 1.65. The van der Waals surface area contributed by atoms with Crippen molar-refractivity contribution in [3.05, 3.63) is 17.1 Å². The molecule has 0 unspecified atom stereocenters. The molecule has 1 N–H and O–H groups in total. The van der Waals surface area contributed by atoms with Crippen LogP contribution in [-0.4, -0.2) is 51.1 Å². The van der Waals surface area contributed by atoms with Crippen molar-refractivity contribution in [3.63, 3.8) is 0 Å². The van der Waals surface area contributed by atoms with Gasteiger partial charge in [-0.15, -0.1) is 10.2 Å². The molecule has 0 amide bonds. The molecule has 4 rings (SSSR count). The van der Waals surface area contributed by atoms with Crippen molar-refractivity contribution in [2.24, 2.45) is 13.0 Å². The van der Waals surface area contributed by atoms with E-state index in [1.165, 1.54) is 17.7 Å². The van der Waals surface area contributed by atoms with E-state index in [1.54, 1.807) is 11.8 Å². The van der Waals surface area contributed by atoms with Gasteiger partial charge in [0.2, 0.25) is 5.95 Å². The third-order valence-corrected chi connectivity index (χ3v) is 6.36. The van der Waals surface area contributed by atoms with Crippen molar-refractivity contribution < 1.29 is 0 Å². The molecule has 1 saturated heterocycles. The van der Waals surface area contributed by atoms with E-state index in [0.29, 0.717) is 5.92 Å². The summed E-state index contributed by atoms with van der Waals surface area (Å²) in [7, 11) is 4.02. The number of hydrogen-bond acceptors (Lipinski definition) is 7. The van der Waals surface area contributed by atoms with Crippen LogP contribution in [0.4, 0.5) is 11.8 Å². The summed E-state index contributed by atoms with van der Waals surface area (Å²) in [5.41, 5.74) is 2.56. The number of aromatic nitrogens is 5. The summed E-state index contributed by atoms with van der Waals surface area (Å²) in [5, 5.41) is 12.9. The number of aryl methyl sites for hydroxylation is 1. The maximum absolute atomic E-state index is 4.87. The molecule has 3 heterocycles. The van der Waals surface area contributed by atoms with E-state index in [0.717, 1.165) is 67.9 Å². The molecule has 140 valence electrons. The summed E-state index contributed by atoms with van der Waals surface area (Å²) in [6.45, 7) is 2.03. The van der Waals surface area contributed by atoms with E-state index >= 15 is 0 Å². The highest BCUT2D eigenvalue weighted by molar-refractivity contribution is 7.98. The molecule has 26 heavy (non-hydrogen) atoms. The van der Waals surface area contributed by atoms with Crippen molar-refractivity contribution in [2.75, 3.05) is 36.6 Å². The maximum Gasteiger partial charge on any atom is 0.227 e. The second-order valence-corrected chi connectivity index (χ2v) is 7.97. The van der Waals surface area contributed by atoms with E-state index < -0.39 is 0 Å². The smallest absolute Gasteiger partial charge is 0.227 e. The van der Waals surface area contributed by atoms with Crippen molar-refractivity contribution in [2.45, 2.75) is 43.7 Å². The number of piperidine rings is 1. The average Bonchev–Trinajstić information content (AvgIpc) is 3.28. The fourth-order valence-electron chi connectivity index (χ4n) is 4.06. The molecular weight excluding hydrogens is 346 g/mol. The molecule has 2 aliphatic rings. The molecule has 0 radical (unpaired) electrons. The van der Waals surface area contributed by atoms with Crippen molar-refractivity contribution in [1.29, 1.82) is 0 Å². The predicted octanol–water partition coefficient (Wildman–Crippen LogP) is 2.32. The topological polar surface area (TPSA) is 71.8 Å². The summed E-state index contributed by atoms with van der Waals surface area (Å²) in [4.78, 5) is 12.0. The SMILES string of the molecule is CNc1nc(N2CCC(Cc3nnc(SC)n3C)CC2)nc2c1CCC2. The monoisotopic (exact) mass is 373 g/mol. The molecule has 0 atom stereocenters. The van der Waals surface area contributed by atoms with Gasteiger partial charge in [-0.25, -0.2) is 4.98 Å². The van der Waals surface area contributed by atoms with Crippen LogP contribution in [0.15, 0.2) is 5.16 Å². The lowest BCUT2D eigenvalue weighted by Gasteiger charge is -2.32. The zero-order valence-corrected chi connectivity index (χ0v) is 16.6. The minimum atomic E-state index is 0.655. The molecule has 7 nitrogen and oxygen atoms in total. The lowest BCUT2D eigenvalue weighted by Crippen LogP contribution is -2.36. The fourth-order valence-corrected chi connectivity index (χ4v) is 4.57. The van der Waals surface area contributed by atoms with Crippen LogP contribution in [0.1, 0.15) is 36.3 Å². The number of thioether (sulfide) groups is 1. The Hall–Kier alpha value is -1.83. The van der Waals surface area contributed by atoms with Crippen LogP contribution < -0.4 is 10.2 Å². The van der Waals surface area contributed by atoms with Crippen LogP contribution >= 0.6 is 11.8 Å². The number of nitrogens with zero attached hydrogens (tertiary/aromatic N) is 6. The van der Waals surface area contributed by atoms with Gasteiger partial charge in [-0.05, 0) is 44.3 Å². The van der Waals surface area contributed by atoms with E-state index in [4.69, 9.17) is 9.97 Å². The minimum Gasteiger partial charge on any atom is -0.373 e. The van der Waals surface area contributed by atoms with Gasteiger partial charge < -0.3 is 14.8 Å². The second-order valence-electron chi connectivity index (χ2n) is 7.20. The van der Waals surface area contributed by atoms with Gasteiger partial charge in [0.25, 0.3) is 0 Å². The molecular formula is C18H27N7S. The normalized spacial score (nSPS) is 17.6. The number of rotatable bonds is 5. The minimum absolute atomic E-state index is 0.655. The Morgan fingerprint density at radius 3 is 2.65 bits per heavy atom. The van der Waals surface area contributed by atoms with Gasteiger partial charge in [0, 0.05) is 39.2 Å². The van der Waals surface area contributed by atoms with Crippen LogP contribution in [0.5, 0.6) is 0 Å². The maximum atomic E-state index is 4.87. The Kier molecular flexibility index (Phi) is 5.02. The number of anilines is 2. The van der Waals surface area contributed by atoms with Gasteiger partial charge in [-0.1, -0.05) is 11.8 Å². The van der Waals surface area contributed by atoms with Gasteiger partial charge in [0.15, 0.2) is 5.16 Å². The molecule has 1 aliphatic heterocycles. The highest BCUT2D eigenvalue weighted by Gasteiger charge is 2.26. The Bertz CT molecular complexity index is 780. The first kappa shape index (κ1) is 17.6. The first-order valence-corrected chi connectivity index (χ1v) is 10.7. The molecule has 2 aromatic heterocycles. The lowest BCUT2D eigenvalue weighted by atomic mass is 9.93. The molecule has 1 fully saturated rings. The van der Waals surface area contributed by atoms with Gasteiger partial charge >= 0.3 is 0 Å². The zero-order chi connectivity index (χ0) is 18.1. The Balaban J connectivity index is 1.41. The summed E-state index contributed by atoms with van der Waals surface area (Å²) in [6, 6.07) is 0. The zero-order valence-electron chi connectivity index (χ0n) is 15.8. The van der Waals surface area contributed by atoms with Crippen molar-refractivity contribution in [1.82, 2.24) is 24.7 Å². The Morgan fingerprint density at radius 1 is 1.15 bits per heavy atom. The summed E-state index contributed by atoms with van der Waals surface area (Å²) < 4.78 is 2.12. The average molecular weight is 374 g/mol. The summed E-state index contributed by atoms with van der Waals surface area (Å²) in [6.07, 6.45) is 8.73. The van der Waals surface area contributed by atoms with Crippen LogP contribution in [0.25, 0.3) is 0 Å². The second kappa shape index (κ2) is 7.42. The number of fused-ring (bicyclic) bond motifs is 1. The molecule has 8 heteroatoms.